The fourth-order valence-electron chi connectivity index (χ4n) is 0.252. The molecular formula is C2HN5O. The Bertz CT molecular complexity index is 221. The zero-order valence-electron chi connectivity index (χ0n) is 3.68. The van der Waals surface area contributed by atoms with Gasteiger partial charge in [0.2, 0.25) is 0 Å². The van der Waals surface area contributed by atoms with Gasteiger partial charge in [-0.1, -0.05) is 10.2 Å². The molecule has 1 aromatic rings. The van der Waals surface area contributed by atoms with Gasteiger partial charge in [-0.25, -0.2) is 0 Å². The molecule has 1 aromatic heterocycles. The molecule has 0 aliphatic rings. The van der Waals surface area contributed by atoms with Gasteiger partial charge in [-0.15, -0.1) is 0 Å². The van der Waals surface area contributed by atoms with E-state index in [0.29, 0.717) is 0 Å². The molecule has 0 atom stereocenters. The molecule has 0 aliphatic heterocycles. The lowest BCUT2D eigenvalue weighted by atomic mass is 10.7. The quantitative estimate of drug-likeness (QED) is 0.424. The molecule has 1 rings (SSSR count). The van der Waals surface area contributed by atoms with Gasteiger partial charge in [0.25, 0.3) is 5.82 Å². The van der Waals surface area contributed by atoms with Gasteiger partial charge in [0.05, 0.1) is 0 Å². The predicted molar refractivity (Wildman–Crippen MR) is 19.7 cm³/mol. The van der Waals surface area contributed by atoms with Gasteiger partial charge in [0.1, 0.15) is 6.07 Å². The fourth-order valence-corrected chi connectivity index (χ4v) is 0.252. The third kappa shape index (κ3) is 0.562. The number of aromatic nitrogens is 4. The van der Waals surface area contributed by atoms with Crippen LogP contribution >= 0.6 is 0 Å². The highest BCUT2D eigenvalue weighted by Gasteiger charge is 1.94. The summed E-state index contributed by atoms with van der Waals surface area (Å²) in [4.78, 5) is 0.235. The first-order chi connectivity index (χ1) is 3.83. The maximum atomic E-state index is 8.26. The first kappa shape index (κ1) is 4.52. The van der Waals surface area contributed by atoms with Crippen LogP contribution in [0.25, 0.3) is 0 Å². The average Bonchev–Trinajstić information content (AvgIpc) is 2.14. The van der Waals surface area contributed by atoms with Crippen LogP contribution in [-0.4, -0.2) is 25.6 Å². The molecule has 6 nitrogen and oxygen atoms in total. The molecule has 0 radical (unpaired) electrons. The Kier molecular flexibility index (Phi) is 0.823. The van der Waals surface area contributed by atoms with Crippen molar-refractivity contribution in [1.82, 2.24) is 20.4 Å². The molecule has 1 heterocycles. The Morgan fingerprint density at radius 3 is 2.75 bits per heavy atom. The van der Waals surface area contributed by atoms with Gasteiger partial charge >= 0.3 is 0 Å². The van der Waals surface area contributed by atoms with Crippen LogP contribution in [0.5, 0.6) is 0 Å². The molecule has 0 saturated heterocycles. The minimum absolute atomic E-state index is 0.146. The second-order valence-electron chi connectivity index (χ2n) is 0.993. The molecule has 0 saturated carbocycles. The van der Waals surface area contributed by atoms with Gasteiger partial charge in [-0.2, -0.15) is 5.26 Å². The van der Waals surface area contributed by atoms with Gasteiger partial charge < -0.3 is 5.21 Å². The van der Waals surface area contributed by atoms with Gasteiger partial charge in [0, 0.05) is 4.96 Å². The van der Waals surface area contributed by atoms with E-state index in [1.807, 2.05) is 0 Å². The van der Waals surface area contributed by atoms with Crippen molar-refractivity contribution in [2.24, 2.45) is 0 Å². The van der Waals surface area contributed by atoms with E-state index in [1.54, 1.807) is 6.07 Å². The summed E-state index contributed by atoms with van der Waals surface area (Å²) in [6.07, 6.45) is 0. The van der Waals surface area contributed by atoms with Crippen molar-refractivity contribution in [3.05, 3.63) is 5.82 Å². The van der Waals surface area contributed by atoms with Crippen molar-refractivity contribution in [2.75, 3.05) is 0 Å². The maximum absolute atomic E-state index is 8.26. The van der Waals surface area contributed by atoms with Gasteiger partial charge in [0.15, 0.2) is 0 Å². The first-order valence-electron chi connectivity index (χ1n) is 1.72. The molecule has 8 heavy (non-hydrogen) atoms. The third-order valence-corrected chi connectivity index (χ3v) is 0.504. The zero-order valence-corrected chi connectivity index (χ0v) is 3.68. The topological polar surface area (TPSA) is 87.6 Å². The Morgan fingerprint density at radius 1 is 1.75 bits per heavy atom. The second-order valence-corrected chi connectivity index (χ2v) is 0.993. The van der Waals surface area contributed by atoms with Crippen LogP contribution in [0.1, 0.15) is 5.82 Å². The lowest BCUT2D eigenvalue weighted by Gasteiger charge is -1.71. The van der Waals surface area contributed by atoms with E-state index in [-0.39, 0.29) is 10.8 Å². The van der Waals surface area contributed by atoms with Crippen molar-refractivity contribution in [3.63, 3.8) is 0 Å². The van der Waals surface area contributed by atoms with Gasteiger partial charge in [-0.3, -0.25) is 0 Å². The van der Waals surface area contributed by atoms with Crippen LogP contribution in [0.4, 0.5) is 0 Å². The summed E-state index contributed by atoms with van der Waals surface area (Å²) in [7, 11) is 0. The summed E-state index contributed by atoms with van der Waals surface area (Å²) in [6.45, 7) is 0. The number of nitriles is 1. The number of tetrazole rings is 1. The summed E-state index contributed by atoms with van der Waals surface area (Å²) in [6, 6.07) is 1.58. The monoisotopic (exact) mass is 111 g/mol. The maximum Gasteiger partial charge on any atom is 0.277 e. The van der Waals surface area contributed by atoms with E-state index in [4.69, 9.17) is 10.5 Å². The van der Waals surface area contributed by atoms with Crippen LogP contribution in [0, 0.1) is 11.3 Å². The normalized spacial score (nSPS) is 8.38. The lowest BCUT2D eigenvalue weighted by molar-refractivity contribution is 0.106. The van der Waals surface area contributed by atoms with Crippen LogP contribution in [0.2, 0.25) is 0 Å². The van der Waals surface area contributed by atoms with E-state index >= 15 is 0 Å². The third-order valence-electron chi connectivity index (χ3n) is 0.504. The summed E-state index contributed by atoms with van der Waals surface area (Å²) < 4.78 is 0. The van der Waals surface area contributed by atoms with Crippen molar-refractivity contribution in [2.45, 2.75) is 0 Å². The summed E-state index contributed by atoms with van der Waals surface area (Å²) in [5.41, 5.74) is 0. The summed E-state index contributed by atoms with van der Waals surface area (Å²) in [5.74, 6) is -0.146. The van der Waals surface area contributed by atoms with E-state index < -0.39 is 0 Å². The SMILES string of the molecule is N#Cc1nnn(O)n1. The molecule has 0 spiro atoms. The van der Waals surface area contributed by atoms with Crippen molar-refractivity contribution in [3.8, 4) is 6.07 Å². The lowest BCUT2D eigenvalue weighted by Crippen LogP contribution is -1.93. The molecule has 40 valence electrons. The van der Waals surface area contributed by atoms with Crippen LogP contribution in [-0.2, 0) is 0 Å². The van der Waals surface area contributed by atoms with Crippen LogP contribution in [0.3, 0.4) is 0 Å². The number of hydrogen-bond donors (Lipinski definition) is 1. The molecule has 0 aromatic carbocycles. The minimum atomic E-state index is -0.146. The largest absolute Gasteiger partial charge is 0.395 e. The van der Waals surface area contributed by atoms with Crippen molar-refractivity contribution >= 4 is 0 Å². The summed E-state index contributed by atoms with van der Waals surface area (Å²) in [5, 5.41) is 25.5. The minimum Gasteiger partial charge on any atom is -0.395 e. The molecule has 0 aliphatic carbocycles. The molecule has 0 fully saturated rings. The molecule has 0 amide bonds. The fraction of sp³-hybridized carbons (Fsp3) is 0. The number of nitrogens with zero attached hydrogens (tertiary/aromatic N) is 5. The highest BCUT2D eigenvalue weighted by Crippen LogP contribution is 1.75. The Labute approximate surface area is 43.9 Å². The molecule has 6 heteroatoms. The highest BCUT2D eigenvalue weighted by molar-refractivity contribution is 5.02. The van der Waals surface area contributed by atoms with Gasteiger partial charge in [-0.05, 0) is 5.21 Å². The first-order valence-corrected chi connectivity index (χ1v) is 1.72. The molecular weight excluding hydrogens is 110 g/mol. The molecule has 0 bridgehead atoms. The second kappa shape index (κ2) is 1.46. The van der Waals surface area contributed by atoms with Crippen LogP contribution < -0.4 is 0 Å². The van der Waals surface area contributed by atoms with Crippen molar-refractivity contribution < 1.29 is 5.21 Å². The Hall–Kier alpha value is -1.64. The van der Waals surface area contributed by atoms with E-state index in [9.17, 15) is 0 Å². The zero-order chi connectivity index (χ0) is 5.98. The van der Waals surface area contributed by atoms with Crippen LogP contribution in [0.15, 0.2) is 0 Å². The van der Waals surface area contributed by atoms with Crippen molar-refractivity contribution in [1.29, 1.82) is 5.26 Å². The average molecular weight is 111 g/mol. The summed E-state index contributed by atoms with van der Waals surface area (Å²) >= 11 is 0. The Morgan fingerprint density at radius 2 is 2.50 bits per heavy atom. The predicted octanol–water partition coefficient (Wildman–Crippen LogP) is -1.22. The molecule has 0 unspecified atom stereocenters. The number of rotatable bonds is 0. The van der Waals surface area contributed by atoms with E-state index in [2.05, 4.69) is 15.4 Å². The molecule has 1 N–H and O–H groups in total. The van der Waals surface area contributed by atoms with E-state index in [0.717, 1.165) is 0 Å². The number of hydrogen-bond acceptors (Lipinski definition) is 5. The standard InChI is InChI=1S/C2HN5O/c3-1-2-4-6-7(8)5-2/h8H. The highest BCUT2D eigenvalue weighted by atomic mass is 16.5. The Balaban J connectivity index is 3.05. The smallest absolute Gasteiger partial charge is 0.277 e. The van der Waals surface area contributed by atoms with E-state index in [1.165, 1.54) is 0 Å².